The number of rotatable bonds is 3. The Labute approximate surface area is 61.2 Å². The van der Waals surface area contributed by atoms with Gasteiger partial charge in [0, 0.05) is 0 Å². The van der Waals surface area contributed by atoms with Gasteiger partial charge in [0.05, 0.1) is 0 Å². The van der Waals surface area contributed by atoms with Crippen LogP contribution in [-0.2, 0) is 0 Å². The second kappa shape index (κ2) is 5.39. The van der Waals surface area contributed by atoms with E-state index in [0.717, 1.165) is 0 Å². The topological polar surface area (TPSA) is 0 Å². The highest BCUT2D eigenvalue weighted by molar-refractivity contribution is 7.59. The van der Waals surface area contributed by atoms with Crippen LogP contribution in [0, 0.1) is 0 Å². The molecule has 0 atom stereocenters. The normalized spacial score (nSPS) is 12.2. The molecule has 0 N–H and O–H groups in total. The Morgan fingerprint density at radius 1 is 1.11 bits per heavy atom. The molecular formula is C7H16P2. The van der Waals surface area contributed by atoms with Crippen LogP contribution < -0.4 is 0 Å². The molecule has 0 heterocycles. The molecule has 0 saturated carbocycles. The summed E-state index contributed by atoms with van der Waals surface area (Å²) in [6.45, 7) is 9.18. The Morgan fingerprint density at radius 3 is 2.00 bits per heavy atom. The molecule has 0 aliphatic heterocycles. The van der Waals surface area contributed by atoms with Crippen molar-refractivity contribution in [1.82, 2.24) is 0 Å². The van der Waals surface area contributed by atoms with E-state index in [9.17, 15) is 0 Å². The van der Waals surface area contributed by atoms with Crippen molar-refractivity contribution in [2.24, 2.45) is 0 Å². The summed E-state index contributed by atoms with van der Waals surface area (Å²) in [4.78, 5) is 0. The number of hydrogen-bond acceptors (Lipinski definition) is 0. The molecule has 0 aliphatic rings. The third kappa shape index (κ3) is 8.60. The van der Waals surface area contributed by atoms with Gasteiger partial charge < -0.3 is 0 Å². The van der Waals surface area contributed by atoms with Gasteiger partial charge in [-0.25, -0.2) is 0 Å². The van der Waals surface area contributed by atoms with E-state index in [4.69, 9.17) is 0 Å². The fourth-order valence-corrected chi connectivity index (χ4v) is 1.69. The van der Waals surface area contributed by atoms with E-state index in [1.165, 1.54) is 6.16 Å². The van der Waals surface area contributed by atoms with Gasteiger partial charge in [-0.05, 0) is 32.8 Å². The molecule has 0 nitrogen and oxygen atoms in total. The lowest BCUT2D eigenvalue weighted by Crippen LogP contribution is -1.71. The van der Waals surface area contributed by atoms with Crippen LogP contribution in [0.5, 0.6) is 0 Å². The molecule has 0 aromatic carbocycles. The maximum Gasteiger partial charge on any atom is -0.0146 e. The van der Waals surface area contributed by atoms with Crippen molar-refractivity contribution in [3.63, 3.8) is 0 Å². The van der Waals surface area contributed by atoms with Crippen LogP contribution in [0.1, 0.15) is 0 Å². The maximum absolute atomic E-state index is 2.34. The van der Waals surface area contributed by atoms with Crippen LogP contribution in [0.4, 0.5) is 0 Å². The van der Waals surface area contributed by atoms with E-state index in [-0.39, 0.29) is 7.92 Å². The summed E-state index contributed by atoms with van der Waals surface area (Å²) in [6.07, 6.45) is 3.63. The molecule has 0 saturated heterocycles. The first-order chi connectivity index (χ1) is 4.13. The van der Waals surface area contributed by atoms with E-state index in [1.54, 1.807) is 0 Å². The summed E-state index contributed by atoms with van der Waals surface area (Å²) in [6, 6.07) is 0. The van der Waals surface area contributed by atoms with Gasteiger partial charge in [0.2, 0.25) is 0 Å². The minimum atomic E-state index is 0.199. The molecule has 0 bridgehead atoms. The molecule has 54 valence electrons. The first kappa shape index (κ1) is 9.60. The average Bonchev–Trinajstić information content (AvgIpc) is 1.63. The van der Waals surface area contributed by atoms with E-state index in [1.807, 2.05) is 0 Å². The monoisotopic (exact) mass is 162 g/mol. The Bertz CT molecular complexity index is 84.9. The van der Waals surface area contributed by atoms with Crippen LogP contribution in [-0.4, -0.2) is 32.8 Å². The molecule has 0 fully saturated rings. The van der Waals surface area contributed by atoms with E-state index >= 15 is 0 Å². The van der Waals surface area contributed by atoms with Crippen LogP contribution in [0.2, 0.25) is 0 Å². The lowest BCUT2D eigenvalue weighted by molar-refractivity contribution is 1.74. The lowest BCUT2D eigenvalue weighted by Gasteiger charge is -1.99. The zero-order valence-electron chi connectivity index (χ0n) is 6.76. The highest BCUT2D eigenvalue weighted by atomic mass is 31.1. The zero-order valence-corrected chi connectivity index (χ0v) is 8.55. The number of allylic oxidation sites excluding steroid dienone is 1. The van der Waals surface area contributed by atoms with Crippen molar-refractivity contribution in [3.05, 3.63) is 11.9 Å². The summed E-state index contributed by atoms with van der Waals surface area (Å²) in [5.74, 6) is 2.34. The largest absolute Gasteiger partial charge is 0.109 e. The molecule has 0 rings (SSSR count). The minimum absolute atomic E-state index is 0.199. The standard InChI is InChI=1S/C7H16P2/c1-8(2)6-5-7-9(3)4/h5-6H,7H2,1-4H3. The van der Waals surface area contributed by atoms with Gasteiger partial charge in [0.1, 0.15) is 0 Å². The van der Waals surface area contributed by atoms with Crippen molar-refractivity contribution >= 4 is 15.8 Å². The van der Waals surface area contributed by atoms with Crippen molar-refractivity contribution in [3.8, 4) is 0 Å². The molecule has 0 radical (unpaired) electrons. The first-order valence-corrected chi connectivity index (χ1v) is 7.83. The summed E-state index contributed by atoms with van der Waals surface area (Å²) in [5.41, 5.74) is 0. The first-order valence-electron chi connectivity index (χ1n) is 3.10. The molecule has 9 heavy (non-hydrogen) atoms. The Balaban J connectivity index is 3.25. The van der Waals surface area contributed by atoms with Crippen molar-refractivity contribution in [2.75, 3.05) is 32.8 Å². The molecule has 0 spiro atoms. The smallest absolute Gasteiger partial charge is 0.0146 e. The highest BCUT2D eigenvalue weighted by Crippen LogP contribution is 2.29. The lowest BCUT2D eigenvalue weighted by atomic mass is 10.8. The Kier molecular flexibility index (Phi) is 5.75. The fourth-order valence-electron chi connectivity index (χ4n) is 0.469. The third-order valence-corrected chi connectivity index (χ3v) is 2.62. The van der Waals surface area contributed by atoms with Crippen LogP contribution in [0.25, 0.3) is 0 Å². The molecule has 2 heteroatoms. The van der Waals surface area contributed by atoms with Crippen LogP contribution in [0.15, 0.2) is 11.9 Å². The van der Waals surface area contributed by atoms with Gasteiger partial charge in [-0.2, -0.15) is 0 Å². The molecular weight excluding hydrogens is 146 g/mol. The third-order valence-electron chi connectivity index (χ3n) is 0.874. The number of hydrogen-bond donors (Lipinski definition) is 0. The van der Waals surface area contributed by atoms with Gasteiger partial charge >= 0.3 is 0 Å². The molecule has 0 aliphatic carbocycles. The van der Waals surface area contributed by atoms with Gasteiger partial charge in [0.15, 0.2) is 0 Å². The van der Waals surface area contributed by atoms with E-state index in [0.29, 0.717) is 7.92 Å². The zero-order chi connectivity index (χ0) is 7.28. The predicted molar refractivity (Wildman–Crippen MR) is 51.5 cm³/mol. The van der Waals surface area contributed by atoms with Crippen molar-refractivity contribution in [2.45, 2.75) is 0 Å². The molecule has 0 aromatic heterocycles. The fraction of sp³-hybridized carbons (Fsp3) is 0.714. The summed E-state index contributed by atoms with van der Waals surface area (Å²) in [5, 5.41) is 0. The average molecular weight is 162 g/mol. The summed E-state index contributed by atoms with van der Waals surface area (Å²) >= 11 is 0. The highest BCUT2D eigenvalue weighted by Gasteiger charge is 1.86. The van der Waals surface area contributed by atoms with Gasteiger partial charge in [-0.3, -0.25) is 0 Å². The van der Waals surface area contributed by atoms with E-state index < -0.39 is 0 Å². The Hall–Kier alpha value is 0.600. The summed E-state index contributed by atoms with van der Waals surface area (Å²) < 4.78 is 0. The van der Waals surface area contributed by atoms with Crippen molar-refractivity contribution < 1.29 is 0 Å². The SMILES string of the molecule is CP(C)C=CCP(C)C. The summed E-state index contributed by atoms with van der Waals surface area (Å²) in [7, 11) is 0.491. The van der Waals surface area contributed by atoms with E-state index in [2.05, 4.69) is 38.6 Å². The predicted octanol–water partition coefficient (Wildman–Crippen LogP) is 2.98. The van der Waals surface area contributed by atoms with Gasteiger partial charge in [-0.15, -0.1) is 7.92 Å². The van der Waals surface area contributed by atoms with Gasteiger partial charge in [0.25, 0.3) is 0 Å². The second-order valence-electron chi connectivity index (χ2n) is 2.61. The molecule has 0 amide bonds. The minimum Gasteiger partial charge on any atom is -0.109 e. The molecule has 0 unspecified atom stereocenters. The quantitative estimate of drug-likeness (QED) is 0.559. The van der Waals surface area contributed by atoms with Gasteiger partial charge in [-0.1, -0.05) is 19.8 Å². The second-order valence-corrected chi connectivity index (χ2v) is 7.36. The van der Waals surface area contributed by atoms with Crippen LogP contribution >= 0.6 is 15.8 Å². The Morgan fingerprint density at radius 2 is 1.67 bits per heavy atom. The van der Waals surface area contributed by atoms with Crippen molar-refractivity contribution in [1.29, 1.82) is 0 Å². The van der Waals surface area contributed by atoms with Crippen LogP contribution in [0.3, 0.4) is 0 Å². The molecule has 0 aromatic rings. The maximum atomic E-state index is 2.34.